The molecule has 1 amide bonds. The van der Waals surface area contributed by atoms with E-state index in [1.807, 2.05) is 0 Å². The number of nitrogens with zero attached hydrogens (tertiary/aromatic N) is 1. The van der Waals surface area contributed by atoms with E-state index in [1.165, 1.54) is 18.3 Å². The van der Waals surface area contributed by atoms with Gasteiger partial charge in [0.15, 0.2) is 6.61 Å². The maximum atomic E-state index is 11.8. The average Bonchev–Trinajstić information content (AvgIpc) is 2.47. The molecule has 6 nitrogen and oxygen atoms in total. The van der Waals surface area contributed by atoms with Crippen LogP contribution in [0, 0.1) is 0 Å². The van der Waals surface area contributed by atoms with E-state index in [1.54, 1.807) is 24.3 Å². The van der Waals surface area contributed by atoms with E-state index >= 15 is 0 Å². The number of amides is 1. The van der Waals surface area contributed by atoms with Crippen LogP contribution in [0.5, 0.6) is 5.75 Å². The van der Waals surface area contributed by atoms with Gasteiger partial charge < -0.3 is 15.2 Å². The Morgan fingerprint density at radius 3 is 2.71 bits per heavy atom. The molecule has 0 saturated heterocycles. The first-order valence-corrected chi connectivity index (χ1v) is 6.31. The van der Waals surface area contributed by atoms with E-state index in [2.05, 4.69) is 10.3 Å². The summed E-state index contributed by atoms with van der Waals surface area (Å²) in [4.78, 5) is 26.6. The highest BCUT2D eigenvalue weighted by molar-refractivity contribution is 6.32. The average molecular weight is 307 g/mol. The molecule has 108 valence electrons. The molecular formula is C14H11ClN2O4. The Labute approximate surface area is 125 Å². The zero-order chi connectivity index (χ0) is 15.2. The number of hydrogen-bond donors (Lipinski definition) is 2. The molecule has 1 aromatic carbocycles. The lowest BCUT2D eigenvalue weighted by Gasteiger charge is -2.09. The molecule has 0 atom stereocenters. The third-order valence-corrected chi connectivity index (χ3v) is 2.80. The quantitative estimate of drug-likeness (QED) is 0.885. The summed E-state index contributed by atoms with van der Waals surface area (Å²) in [6, 6.07) is 9.54. The van der Waals surface area contributed by atoms with Crippen molar-refractivity contribution in [2.45, 2.75) is 0 Å². The van der Waals surface area contributed by atoms with Gasteiger partial charge in [0.05, 0.1) is 5.02 Å². The predicted molar refractivity (Wildman–Crippen MR) is 76.8 cm³/mol. The number of carbonyl (C=O) groups excluding carboxylic acids is 1. The van der Waals surface area contributed by atoms with Crippen molar-refractivity contribution in [2.24, 2.45) is 0 Å². The predicted octanol–water partition coefficient (Wildman–Crippen LogP) is 2.45. The first kappa shape index (κ1) is 14.8. The summed E-state index contributed by atoms with van der Waals surface area (Å²) in [7, 11) is 0. The number of benzene rings is 1. The minimum Gasteiger partial charge on any atom is -0.482 e. The molecule has 0 bridgehead atoms. The topological polar surface area (TPSA) is 88.5 Å². The summed E-state index contributed by atoms with van der Waals surface area (Å²) < 4.78 is 5.25. The van der Waals surface area contributed by atoms with Gasteiger partial charge in [-0.3, -0.25) is 4.79 Å². The van der Waals surface area contributed by atoms with Crippen molar-refractivity contribution in [3.63, 3.8) is 0 Å². The maximum Gasteiger partial charge on any atom is 0.339 e. The van der Waals surface area contributed by atoms with Crippen LogP contribution in [0.1, 0.15) is 10.4 Å². The van der Waals surface area contributed by atoms with Gasteiger partial charge in [-0.05, 0) is 24.3 Å². The Kier molecular flexibility index (Phi) is 4.73. The molecule has 0 saturated carbocycles. The van der Waals surface area contributed by atoms with Gasteiger partial charge in [-0.15, -0.1) is 0 Å². The molecule has 2 N–H and O–H groups in total. The molecule has 1 aromatic heterocycles. The Morgan fingerprint density at radius 1 is 1.24 bits per heavy atom. The van der Waals surface area contributed by atoms with Crippen molar-refractivity contribution >= 4 is 29.3 Å². The second kappa shape index (κ2) is 6.71. The molecule has 0 aliphatic rings. The zero-order valence-electron chi connectivity index (χ0n) is 10.7. The van der Waals surface area contributed by atoms with Crippen molar-refractivity contribution in [2.75, 3.05) is 11.9 Å². The fraction of sp³-hybridized carbons (Fsp3) is 0.0714. The van der Waals surface area contributed by atoms with Crippen LogP contribution in [-0.4, -0.2) is 28.6 Å². The van der Waals surface area contributed by atoms with Crippen LogP contribution < -0.4 is 10.1 Å². The van der Waals surface area contributed by atoms with Crippen LogP contribution in [0.3, 0.4) is 0 Å². The molecule has 7 heteroatoms. The number of pyridine rings is 1. The molecule has 2 aromatic rings. The normalized spacial score (nSPS) is 9.95. The maximum absolute atomic E-state index is 11.8. The Hall–Kier alpha value is -2.60. The number of carboxylic acid groups (broad SMARTS) is 1. The minimum absolute atomic E-state index is 0.0299. The van der Waals surface area contributed by atoms with Gasteiger partial charge in [0, 0.05) is 6.20 Å². The van der Waals surface area contributed by atoms with Crippen molar-refractivity contribution < 1.29 is 19.4 Å². The summed E-state index contributed by atoms with van der Waals surface area (Å²) in [6.45, 7) is -0.306. The standard InChI is InChI=1S/C14H11ClN2O4/c15-10-5-1-2-6-11(10)21-8-12(18)17-13-9(14(19)20)4-3-7-16-13/h1-7H,8H2,(H,19,20)(H,16,17,18). The van der Waals surface area contributed by atoms with E-state index in [4.69, 9.17) is 21.4 Å². The highest BCUT2D eigenvalue weighted by Crippen LogP contribution is 2.23. The van der Waals surface area contributed by atoms with Gasteiger partial charge in [0.1, 0.15) is 17.1 Å². The van der Waals surface area contributed by atoms with Crippen LogP contribution in [-0.2, 0) is 4.79 Å². The van der Waals surface area contributed by atoms with E-state index in [-0.39, 0.29) is 18.0 Å². The van der Waals surface area contributed by atoms with Crippen molar-refractivity contribution in [3.8, 4) is 5.75 Å². The van der Waals surface area contributed by atoms with Gasteiger partial charge in [-0.25, -0.2) is 9.78 Å². The lowest BCUT2D eigenvalue weighted by molar-refractivity contribution is -0.118. The molecule has 0 fully saturated rings. The van der Waals surface area contributed by atoms with E-state index < -0.39 is 11.9 Å². The summed E-state index contributed by atoms with van der Waals surface area (Å²) in [5.41, 5.74) is -0.0939. The second-order valence-electron chi connectivity index (χ2n) is 3.97. The SMILES string of the molecule is O=C(COc1ccccc1Cl)Nc1ncccc1C(=O)O. The molecule has 0 aliphatic carbocycles. The summed E-state index contributed by atoms with van der Waals surface area (Å²) in [5.74, 6) is -1.37. The van der Waals surface area contributed by atoms with E-state index in [0.717, 1.165) is 0 Å². The first-order chi connectivity index (χ1) is 10.1. The molecule has 21 heavy (non-hydrogen) atoms. The lowest BCUT2D eigenvalue weighted by atomic mass is 10.2. The number of carbonyl (C=O) groups is 2. The number of anilines is 1. The number of carboxylic acids is 1. The van der Waals surface area contributed by atoms with Crippen LogP contribution in [0.2, 0.25) is 5.02 Å². The molecular weight excluding hydrogens is 296 g/mol. The Bertz CT molecular complexity index is 676. The second-order valence-corrected chi connectivity index (χ2v) is 4.38. The van der Waals surface area contributed by atoms with Crippen molar-refractivity contribution in [3.05, 3.63) is 53.2 Å². The number of ether oxygens (including phenoxy) is 1. The van der Waals surface area contributed by atoms with Crippen LogP contribution >= 0.6 is 11.6 Å². The van der Waals surface area contributed by atoms with Crippen molar-refractivity contribution in [1.82, 2.24) is 4.98 Å². The largest absolute Gasteiger partial charge is 0.482 e. The van der Waals surface area contributed by atoms with Gasteiger partial charge in [0.25, 0.3) is 5.91 Å². The molecule has 2 rings (SSSR count). The van der Waals surface area contributed by atoms with Crippen LogP contribution in [0.15, 0.2) is 42.6 Å². The number of halogens is 1. The zero-order valence-corrected chi connectivity index (χ0v) is 11.5. The van der Waals surface area contributed by atoms with Gasteiger partial charge in [-0.1, -0.05) is 23.7 Å². The number of rotatable bonds is 5. The number of aromatic nitrogens is 1. The number of aromatic carboxylic acids is 1. The first-order valence-electron chi connectivity index (χ1n) is 5.93. The Morgan fingerprint density at radius 2 is 2.00 bits per heavy atom. The summed E-state index contributed by atoms with van der Waals surface area (Å²) >= 11 is 5.89. The lowest BCUT2D eigenvalue weighted by Crippen LogP contribution is -2.22. The van der Waals surface area contributed by atoms with E-state index in [0.29, 0.717) is 10.8 Å². The van der Waals surface area contributed by atoms with Gasteiger partial charge >= 0.3 is 5.97 Å². The molecule has 1 heterocycles. The third kappa shape index (κ3) is 3.93. The third-order valence-electron chi connectivity index (χ3n) is 2.49. The molecule has 0 unspecified atom stereocenters. The van der Waals surface area contributed by atoms with Gasteiger partial charge in [-0.2, -0.15) is 0 Å². The minimum atomic E-state index is -1.18. The summed E-state index contributed by atoms with van der Waals surface area (Å²) in [5, 5.41) is 11.7. The van der Waals surface area contributed by atoms with Gasteiger partial charge in [0.2, 0.25) is 0 Å². The smallest absolute Gasteiger partial charge is 0.339 e. The molecule has 0 spiro atoms. The summed E-state index contributed by atoms with van der Waals surface area (Å²) in [6.07, 6.45) is 1.39. The number of nitrogens with one attached hydrogen (secondary N) is 1. The number of para-hydroxylation sites is 1. The van der Waals surface area contributed by atoms with Crippen molar-refractivity contribution in [1.29, 1.82) is 0 Å². The van der Waals surface area contributed by atoms with Crippen LogP contribution in [0.25, 0.3) is 0 Å². The molecule has 0 radical (unpaired) electrons. The monoisotopic (exact) mass is 306 g/mol. The van der Waals surface area contributed by atoms with Crippen LogP contribution in [0.4, 0.5) is 5.82 Å². The molecule has 0 aliphatic heterocycles. The fourth-order valence-electron chi connectivity index (χ4n) is 1.55. The van der Waals surface area contributed by atoms with E-state index in [9.17, 15) is 9.59 Å². The highest BCUT2D eigenvalue weighted by Gasteiger charge is 2.13. The highest BCUT2D eigenvalue weighted by atomic mass is 35.5. The Balaban J connectivity index is 2.00. The number of hydrogen-bond acceptors (Lipinski definition) is 4. The fourth-order valence-corrected chi connectivity index (χ4v) is 1.74.